The van der Waals surface area contributed by atoms with E-state index in [1.165, 1.54) is 0 Å². The summed E-state index contributed by atoms with van der Waals surface area (Å²) >= 11 is 0. The molecule has 0 aromatic carbocycles. The van der Waals surface area contributed by atoms with Gasteiger partial charge in [-0.2, -0.15) is 0 Å². The van der Waals surface area contributed by atoms with Gasteiger partial charge >= 0.3 is 0 Å². The smallest absolute Gasteiger partial charge is 0.249 e. The fourth-order valence-electron chi connectivity index (χ4n) is 2.79. The zero-order chi connectivity index (χ0) is 14.8. The number of hydrogen-bond acceptors (Lipinski definition) is 2. The van der Waals surface area contributed by atoms with Gasteiger partial charge in [0.25, 0.3) is 0 Å². The van der Waals surface area contributed by atoms with Crippen molar-refractivity contribution in [3.8, 4) is 0 Å². The number of nitrogens with one attached hydrogen (secondary N) is 1. The summed E-state index contributed by atoms with van der Waals surface area (Å²) in [5, 5.41) is 2.97. The van der Waals surface area contributed by atoms with Crippen molar-refractivity contribution in [1.82, 2.24) is 10.2 Å². The number of nitrogens with zero attached hydrogens (tertiary/aromatic N) is 1. The molecule has 110 valence electrons. The number of carbonyl (C=O) groups is 2. The molecule has 19 heavy (non-hydrogen) atoms. The first-order valence-electron chi connectivity index (χ1n) is 7.49. The van der Waals surface area contributed by atoms with Crippen molar-refractivity contribution in [2.24, 2.45) is 5.92 Å². The SMILES string of the molecule is CCC1C(=O)NC(CC)(CC)C(=O)N1C(C)C(C)C. The van der Waals surface area contributed by atoms with Crippen LogP contribution in [0.4, 0.5) is 0 Å². The quantitative estimate of drug-likeness (QED) is 0.832. The van der Waals surface area contributed by atoms with Gasteiger partial charge in [0.15, 0.2) is 0 Å². The van der Waals surface area contributed by atoms with Crippen molar-refractivity contribution in [2.75, 3.05) is 0 Å². The van der Waals surface area contributed by atoms with Gasteiger partial charge in [-0.15, -0.1) is 0 Å². The van der Waals surface area contributed by atoms with E-state index in [-0.39, 0.29) is 23.9 Å². The molecule has 0 saturated carbocycles. The minimum Gasteiger partial charge on any atom is -0.340 e. The molecular formula is C15H28N2O2. The van der Waals surface area contributed by atoms with Crippen LogP contribution in [0, 0.1) is 5.92 Å². The Hall–Kier alpha value is -1.06. The van der Waals surface area contributed by atoms with E-state index in [0.29, 0.717) is 25.2 Å². The number of hydrogen-bond donors (Lipinski definition) is 1. The first kappa shape index (κ1) is 16.0. The third-order valence-electron chi connectivity index (χ3n) is 4.64. The largest absolute Gasteiger partial charge is 0.340 e. The average molecular weight is 268 g/mol. The van der Waals surface area contributed by atoms with E-state index in [4.69, 9.17) is 0 Å². The molecule has 1 aliphatic heterocycles. The predicted octanol–water partition coefficient (Wildman–Crippen LogP) is 2.33. The highest BCUT2D eigenvalue weighted by atomic mass is 16.2. The first-order valence-corrected chi connectivity index (χ1v) is 7.49. The molecule has 0 radical (unpaired) electrons. The van der Waals surface area contributed by atoms with E-state index in [9.17, 15) is 9.59 Å². The molecule has 2 unspecified atom stereocenters. The first-order chi connectivity index (χ1) is 8.84. The maximum absolute atomic E-state index is 12.9. The molecule has 0 aromatic heterocycles. The van der Waals surface area contributed by atoms with Gasteiger partial charge in [-0.1, -0.05) is 34.6 Å². The Morgan fingerprint density at radius 2 is 1.68 bits per heavy atom. The summed E-state index contributed by atoms with van der Waals surface area (Å²) in [7, 11) is 0. The van der Waals surface area contributed by atoms with Crippen LogP contribution in [0.1, 0.15) is 60.8 Å². The van der Waals surface area contributed by atoms with Crippen LogP contribution in [0.15, 0.2) is 0 Å². The Balaban J connectivity index is 3.20. The van der Waals surface area contributed by atoms with E-state index < -0.39 is 5.54 Å². The zero-order valence-corrected chi connectivity index (χ0v) is 13.1. The van der Waals surface area contributed by atoms with Crippen LogP contribution < -0.4 is 5.32 Å². The molecule has 0 aliphatic carbocycles. The summed E-state index contributed by atoms with van der Waals surface area (Å²) in [5.74, 6) is 0.429. The fourth-order valence-corrected chi connectivity index (χ4v) is 2.79. The van der Waals surface area contributed by atoms with E-state index >= 15 is 0 Å². The second kappa shape index (κ2) is 5.93. The van der Waals surface area contributed by atoms with Gasteiger partial charge in [-0.05, 0) is 32.1 Å². The van der Waals surface area contributed by atoms with Crippen molar-refractivity contribution in [1.29, 1.82) is 0 Å². The van der Waals surface area contributed by atoms with Gasteiger partial charge in [0.2, 0.25) is 11.8 Å². The van der Waals surface area contributed by atoms with Crippen molar-refractivity contribution in [3.63, 3.8) is 0 Å². The molecule has 1 heterocycles. The molecule has 4 nitrogen and oxygen atoms in total. The molecular weight excluding hydrogens is 240 g/mol. The summed E-state index contributed by atoms with van der Waals surface area (Å²) < 4.78 is 0. The number of carbonyl (C=O) groups excluding carboxylic acids is 2. The van der Waals surface area contributed by atoms with E-state index in [2.05, 4.69) is 19.2 Å². The summed E-state index contributed by atoms with van der Waals surface area (Å²) in [4.78, 5) is 27.0. The highest BCUT2D eigenvalue weighted by Gasteiger charge is 2.49. The second-order valence-corrected chi connectivity index (χ2v) is 5.90. The molecule has 1 rings (SSSR count). The summed E-state index contributed by atoms with van der Waals surface area (Å²) in [6, 6.07) is -0.239. The lowest BCUT2D eigenvalue weighted by Gasteiger charge is -2.48. The Morgan fingerprint density at radius 3 is 2.05 bits per heavy atom. The van der Waals surface area contributed by atoms with Crippen molar-refractivity contribution < 1.29 is 9.59 Å². The van der Waals surface area contributed by atoms with Crippen LogP contribution in [-0.2, 0) is 9.59 Å². The fraction of sp³-hybridized carbons (Fsp3) is 0.867. The average Bonchev–Trinajstić information content (AvgIpc) is 2.39. The number of rotatable bonds is 5. The Kier molecular flexibility index (Phi) is 4.99. The van der Waals surface area contributed by atoms with Crippen LogP contribution >= 0.6 is 0 Å². The van der Waals surface area contributed by atoms with E-state index in [1.807, 2.05) is 32.6 Å². The predicted molar refractivity (Wildman–Crippen MR) is 76.7 cm³/mol. The summed E-state index contributed by atoms with van der Waals surface area (Å²) in [5.41, 5.74) is -0.702. The van der Waals surface area contributed by atoms with E-state index in [0.717, 1.165) is 0 Å². The molecule has 0 aromatic rings. The van der Waals surface area contributed by atoms with Crippen LogP contribution in [-0.4, -0.2) is 34.3 Å². The maximum Gasteiger partial charge on any atom is 0.249 e. The molecule has 0 bridgehead atoms. The Labute approximate surface area is 116 Å². The molecule has 1 saturated heterocycles. The van der Waals surface area contributed by atoms with Crippen LogP contribution in [0.25, 0.3) is 0 Å². The highest BCUT2D eigenvalue weighted by molar-refractivity contribution is 6.00. The third-order valence-corrected chi connectivity index (χ3v) is 4.64. The second-order valence-electron chi connectivity index (χ2n) is 5.90. The number of piperazine rings is 1. The molecule has 2 atom stereocenters. The Morgan fingerprint density at radius 1 is 1.16 bits per heavy atom. The van der Waals surface area contributed by atoms with Gasteiger partial charge < -0.3 is 10.2 Å². The lowest BCUT2D eigenvalue weighted by Crippen LogP contribution is -2.71. The zero-order valence-electron chi connectivity index (χ0n) is 13.1. The van der Waals surface area contributed by atoms with Crippen molar-refractivity contribution in [3.05, 3.63) is 0 Å². The molecule has 1 aliphatic rings. The number of amides is 2. The van der Waals surface area contributed by atoms with Crippen molar-refractivity contribution in [2.45, 2.75) is 78.4 Å². The maximum atomic E-state index is 12.9. The summed E-state index contributed by atoms with van der Waals surface area (Å²) in [6.07, 6.45) is 1.95. The van der Waals surface area contributed by atoms with Gasteiger partial charge in [-0.3, -0.25) is 9.59 Å². The molecule has 0 spiro atoms. The normalized spacial score (nSPS) is 24.6. The highest BCUT2D eigenvalue weighted by Crippen LogP contribution is 2.29. The van der Waals surface area contributed by atoms with Crippen LogP contribution in [0.5, 0.6) is 0 Å². The van der Waals surface area contributed by atoms with E-state index in [1.54, 1.807) is 0 Å². The molecule has 1 N–H and O–H groups in total. The molecule has 4 heteroatoms. The van der Waals surface area contributed by atoms with Crippen LogP contribution in [0.3, 0.4) is 0 Å². The molecule has 2 amide bonds. The lowest BCUT2D eigenvalue weighted by molar-refractivity contribution is -0.159. The van der Waals surface area contributed by atoms with Gasteiger partial charge in [0, 0.05) is 6.04 Å². The topological polar surface area (TPSA) is 49.4 Å². The van der Waals surface area contributed by atoms with Gasteiger partial charge in [-0.25, -0.2) is 0 Å². The lowest BCUT2D eigenvalue weighted by atomic mass is 9.85. The van der Waals surface area contributed by atoms with Crippen LogP contribution in [0.2, 0.25) is 0 Å². The Bertz CT molecular complexity index is 348. The monoisotopic (exact) mass is 268 g/mol. The third kappa shape index (κ3) is 2.63. The van der Waals surface area contributed by atoms with Gasteiger partial charge in [0.1, 0.15) is 11.6 Å². The minimum absolute atomic E-state index is 0.00157. The standard InChI is InChI=1S/C15H28N2O2/c1-7-12-13(18)16-15(8-2,9-3)14(19)17(12)11(6)10(4)5/h10-12H,7-9H2,1-6H3,(H,16,18). The molecule has 1 fully saturated rings. The minimum atomic E-state index is -0.702. The van der Waals surface area contributed by atoms with Crippen molar-refractivity contribution >= 4 is 11.8 Å². The van der Waals surface area contributed by atoms with Gasteiger partial charge in [0.05, 0.1) is 0 Å². The summed E-state index contributed by atoms with van der Waals surface area (Å²) in [6.45, 7) is 12.1.